The van der Waals surface area contributed by atoms with Crippen LogP contribution < -0.4 is 0 Å². The van der Waals surface area contributed by atoms with E-state index in [1.54, 1.807) is 6.33 Å². The van der Waals surface area contributed by atoms with Crippen LogP contribution in [0.15, 0.2) is 18.5 Å². The number of amides is 1. The first-order valence-corrected chi connectivity index (χ1v) is 6.74. The van der Waals surface area contributed by atoms with E-state index in [9.17, 15) is 4.79 Å². The average Bonchev–Trinajstić information content (AvgIpc) is 3.16. The van der Waals surface area contributed by atoms with Gasteiger partial charge in [-0.2, -0.15) is 0 Å². The topological polar surface area (TPSA) is 38.1 Å². The van der Waals surface area contributed by atoms with Gasteiger partial charge >= 0.3 is 0 Å². The van der Waals surface area contributed by atoms with E-state index in [0.29, 0.717) is 12.6 Å². The van der Waals surface area contributed by atoms with Gasteiger partial charge in [-0.05, 0) is 49.9 Å². The van der Waals surface area contributed by atoms with E-state index in [4.69, 9.17) is 0 Å². The van der Waals surface area contributed by atoms with E-state index in [1.165, 1.54) is 11.1 Å². The summed E-state index contributed by atoms with van der Waals surface area (Å²) in [5.41, 5.74) is 4.47. The quantitative estimate of drug-likeness (QED) is 0.846. The number of carbonyl (C=O) groups excluding carboxylic acids is 1. The molecule has 1 heterocycles. The van der Waals surface area contributed by atoms with E-state index >= 15 is 0 Å². The first-order valence-electron chi connectivity index (χ1n) is 6.74. The fourth-order valence-electron chi connectivity index (χ4n) is 2.36. The molecule has 100 valence electrons. The molecule has 0 spiro atoms. The summed E-state index contributed by atoms with van der Waals surface area (Å²) in [6.07, 6.45) is 4.05. The minimum Gasteiger partial charge on any atom is -0.341 e. The Kier molecular flexibility index (Phi) is 2.81. The van der Waals surface area contributed by atoms with E-state index in [1.807, 2.05) is 16.5 Å². The largest absolute Gasteiger partial charge is 0.341 e. The maximum absolute atomic E-state index is 12.2. The molecule has 1 amide bonds. The van der Waals surface area contributed by atoms with Gasteiger partial charge in [0.15, 0.2) is 0 Å². The predicted octanol–water partition coefficient (Wildman–Crippen LogP) is 2.27. The molecule has 1 aromatic carbocycles. The minimum absolute atomic E-state index is 0.167. The molecule has 1 fully saturated rings. The number of hydrogen-bond acceptors (Lipinski definition) is 2. The smallest absolute Gasteiger partial charge is 0.242 e. The van der Waals surface area contributed by atoms with Gasteiger partial charge in [-0.25, -0.2) is 4.98 Å². The summed E-state index contributed by atoms with van der Waals surface area (Å²) in [5, 5.41) is 0. The highest BCUT2D eigenvalue weighted by molar-refractivity contribution is 5.81. The zero-order chi connectivity index (χ0) is 13.6. The van der Waals surface area contributed by atoms with E-state index in [2.05, 4.69) is 31.0 Å². The Bertz CT molecular complexity index is 640. The molecular formula is C15H19N3O. The Morgan fingerprint density at radius 1 is 1.37 bits per heavy atom. The first-order chi connectivity index (χ1) is 9.06. The van der Waals surface area contributed by atoms with Crippen LogP contribution in [0.5, 0.6) is 0 Å². The Morgan fingerprint density at radius 2 is 2.05 bits per heavy atom. The summed E-state index contributed by atoms with van der Waals surface area (Å²) in [6.45, 7) is 4.55. The third kappa shape index (κ3) is 2.23. The van der Waals surface area contributed by atoms with Crippen molar-refractivity contribution < 1.29 is 4.79 Å². The van der Waals surface area contributed by atoms with Gasteiger partial charge < -0.3 is 9.47 Å². The van der Waals surface area contributed by atoms with Crippen LogP contribution in [0.2, 0.25) is 0 Å². The summed E-state index contributed by atoms with van der Waals surface area (Å²) < 4.78 is 1.95. The van der Waals surface area contributed by atoms with Gasteiger partial charge in [0.05, 0.1) is 17.4 Å². The van der Waals surface area contributed by atoms with Crippen molar-refractivity contribution in [1.29, 1.82) is 0 Å². The molecule has 19 heavy (non-hydrogen) atoms. The molecule has 0 N–H and O–H groups in total. The van der Waals surface area contributed by atoms with Crippen LogP contribution in [0.3, 0.4) is 0 Å². The van der Waals surface area contributed by atoms with Crippen molar-refractivity contribution in [3.63, 3.8) is 0 Å². The predicted molar refractivity (Wildman–Crippen MR) is 75.0 cm³/mol. The van der Waals surface area contributed by atoms with Crippen molar-refractivity contribution in [2.75, 3.05) is 7.05 Å². The van der Waals surface area contributed by atoms with Crippen LogP contribution in [0.4, 0.5) is 0 Å². The number of benzene rings is 1. The minimum atomic E-state index is 0.167. The molecule has 0 aliphatic heterocycles. The third-order valence-corrected chi connectivity index (χ3v) is 4.03. The Hall–Kier alpha value is -1.84. The normalized spacial score (nSPS) is 14.9. The van der Waals surface area contributed by atoms with Gasteiger partial charge in [0.1, 0.15) is 6.54 Å². The molecular weight excluding hydrogens is 238 g/mol. The van der Waals surface area contributed by atoms with Crippen LogP contribution in [-0.4, -0.2) is 33.4 Å². The van der Waals surface area contributed by atoms with Crippen molar-refractivity contribution in [3.8, 4) is 0 Å². The molecule has 1 aromatic heterocycles. The van der Waals surface area contributed by atoms with Gasteiger partial charge in [-0.3, -0.25) is 4.79 Å². The molecule has 2 aromatic rings. The number of hydrogen-bond donors (Lipinski definition) is 0. The van der Waals surface area contributed by atoms with Crippen molar-refractivity contribution in [2.45, 2.75) is 39.3 Å². The highest BCUT2D eigenvalue weighted by atomic mass is 16.2. The SMILES string of the molecule is Cc1cc2ncn(CC(=O)N(C)C3CC3)c2cc1C. The Balaban J connectivity index is 1.88. The number of fused-ring (bicyclic) bond motifs is 1. The first kappa shape index (κ1) is 12.2. The molecule has 0 unspecified atom stereocenters. The fourth-order valence-corrected chi connectivity index (χ4v) is 2.36. The Morgan fingerprint density at radius 3 is 2.74 bits per heavy atom. The van der Waals surface area contributed by atoms with Crippen LogP contribution in [0.25, 0.3) is 11.0 Å². The maximum atomic E-state index is 12.2. The van der Waals surface area contributed by atoms with Crippen LogP contribution in [0, 0.1) is 13.8 Å². The lowest BCUT2D eigenvalue weighted by atomic mass is 10.1. The monoisotopic (exact) mass is 257 g/mol. The highest BCUT2D eigenvalue weighted by Crippen LogP contribution is 2.26. The lowest BCUT2D eigenvalue weighted by Gasteiger charge is -2.16. The van der Waals surface area contributed by atoms with Gasteiger partial charge in [-0.15, -0.1) is 0 Å². The summed E-state index contributed by atoms with van der Waals surface area (Å²) in [6, 6.07) is 4.66. The van der Waals surface area contributed by atoms with Gasteiger partial charge in [0.25, 0.3) is 0 Å². The molecule has 0 saturated heterocycles. The molecule has 4 nitrogen and oxygen atoms in total. The fraction of sp³-hybridized carbons (Fsp3) is 0.467. The number of aromatic nitrogens is 2. The third-order valence-electron chi connectivity index (χ3n) is 4.03. The second-order valence-corrected chi connectivity index (χ2v) is 5.53. The number of nitrogens with zero attached hydrogens (tertiary/aromatic N) is 3. The van der Waals surface area contributed by atoms with Crippen LogP contribution in [0.1, 0.15) is 24.0 Å². The average molecular weight is 257 g/mol. The number of imidazole rings is 1. The van der Waals surface area contributed by atoms with Crippen molar-refractivity contribution in [2.24, 2.45) is 0 Å². The van der Waals surface area contributed by atoms with Gasteiger partial charge in [0, 0.05) is 13.1 Å². The molecule has 1 aliphatic carbocycles. The lowest BCUT2D eigenvalue weighted by molar-refractivity contribution is -0.130. The second kappa shape index (κ2) is 4.37. The van der Waals surface area contributed by atoms with Crippen molar-refractivity contribution >= 4 is 16.9 Å². The summed E-state index contributed by atoms with van der Waals surface area (Å²) in [7, 11) is 1.90. The van der Waals surface area contributed by atoms with E-state index < -0.39 is 0 Å². The van der Waals surface area contributed by atoms with Gasteiger partial charge in [-0.1, -0.05) is 0 Å². The molecule has 0 radical (unpaired) electrons. The number of carbonyl (C=O) groups is 1. The maximum Gasteiger partial charge on any atom is 0.242 e. The summed E-state index contributed by atoms with van der Waals surface area (Å²) in [4.78, 5) is 18.4. The number of aryl methyl sites for hydroxylation is 2. The highest BCUT2D eigenvalue weighted by Gasteiger charge is 2.29. The number of rotatable bonds is 3. The van der Waals surface area contributed by atoms with E-state index in [-0.39, 0.29) is 5.91 Å². The Labute approximate surface area is 113 Å². The summed E-state index contributed by atoms with van der Waals surface area (Å²) in [5.74, 6) is 0.167. The molecule has 0 atom stereocenters. The number of likely N-dealkylation sites (N-methyl/N-ethyl adjacent to an activating group) is 1. The van der Waals surface area contributed by atoms with Gasteiger partial charge in [0.2, 0.25) is 5.91 Å². The zero-order valence-electron chi connectivity index (χ0n) is 11.7. The standard InChI is InChI=1S/C15H19N3O/c1-10-6-13-14(7-11(10)2)18(9-16-13)8-15(19)17(3)12-4-5-12/h6-7,9,12H,4-5,8H2,1-3H3. The van der Waals surface area contributed by atoms with Crippen LogP contribution >= 0.6 is 0 Å². The zero-order valence-corrected chi connectivity index (χ0v) is 11.7. The lowest BCUT2D eigenvalue weighted by Crippen LogP contribution is -2.31. The molecule has 3 rings (SSSR count). The van der Waals surface area contributed by atoms with Crippen molar-refractivity contribution in [3.05, 3.63) is 29.6 Å². The second-order valence-electron chi connectivity index (χ2n) is 5.53. The van der Waals surface area contributed by atoms with Crippen LogP contribution in [-0.2, 0) is 11.3 Å². The molecule has 1 aliphatic rings. The molecule has 0 bridgehead atoms. The molecule has 1 saturated carbocycles. The summed E-state index contributed by atoms with van der Waals surface area (Å²) >= 11 is 0. The van der Waals surface area contributed by atoms with Crippen molar-refractivity contribution in [1.82, 2.24) is 14.5 Å². The van der Waals surface area contributed by atoms with E-state index in [0.717, 1.165) is 23.9 Å². The molecule has 4 heteroatoms.